The normalized spacial score (nSPS) is 10.4. The number of hydrogen-bond acceptors (Lipinski definition) is 5. The van der Waals surface area contributed by atoms with Crippen LogP contribution in [0.3, 0.4) is 0 Å². The summed E-state index contributed by atoms with van der Waals surface area (Å²) in [6.07, 6.45) is 5.10. The van der Waals surface area contributed by atoms with Crippen LogP contribution in [0, 0.1) is 0 Å². The molecule has 2 N–H and O–H groups in total. The van der Waals surface area contributed by atoms with Gasteiger partial charge in [-0.1, -0.05) is 20.3 Å². The number of hydrogen-bond donors (Lipinski definition) is 2. The number of anilines is 1. The number of aromatic nitrogens is 2. The Morgan fingerprint density at radius 2 is 2.11 bits per heavy atom. The minimum atomic E-state index is 0.134. The monoisotopic (exact) mass is 253 g/mol. The maximum absolute atomic E-state index is 8.76. The number of aliphatic hydroxyl groups is 1. The minimum absolute atomic E-state index is 0.134. The number of ether oxygens (including phenoxy) is 1. The van der Waals surface area contributed by atoms with Crippen LogP contribution >= 0.6 is 0 Å². The SMILES string of the molecule is CCCNc1ncnc(OCCCO)c1CCC. The van der Waals surface area contributed by atoms with Crippen LogP contribution in [0.1, 0.15) is 38.7 Å². The van der Waals surface area contributed by atoms with E-state index in [1.54, 1.807) is 0 Å². The molecular formula is C13H23N3O2. The van der Waals surface area contributed by atoms with Crippen molar-refractivity contribution in [2.24, 2.45) is 0 Å². The molecule has 18 heavy (non-hydrogen) atoms. The zero-order valence-corrected chi connectivity index (χ0v) is 11.3. The molecule has 0 atom stereocenters. The van der Waals surface area contributed by atoms with Gasteiger partial charge in [0.15, 0.2) is 0 Å². The van der Waals surface area contributed by atoms with Crippen LogP contribution in [0.4, 0.5) is 5.82 Å². The summed E-state index contributed by atoms with van der Waals surface area (Å²) in [5.41, 5.74) is 1.03. The van der Waals surface area contributed by atoms with Gasteiger partial charge in [0.05, 0.1) is 12.2 Å². The molecule has 0 spiro atoms. The summed E-state index contributed by atoms with van der Waals surface area (Å²) < 4.78 is 5.60. The molecule has 102 valence electrons. The Labute approximate surface area is 109 Å². The van der Waals surface area contributed by atoms with Crippen molar-refractivity contribution < 1.29 is 9.84 Å². The summed E-state index contributed by atoms with van der Waals surface area (Å²) in [4.78, 5) is 8.45. The first-order chi connectivity index (χ1) is 8.83. The molecule has 0 fully saturated rings. The summed E-state index contributed by atoms with van der Waals surface area (Å²) in [7, 11) is 0. The lowest BCUT2D eigenvalue weighted by Gasteiger charge is -2.13. The molecule has 5 heteroatoms. The van der Waals surface area contributed by atoms with Gasteiger partial charge in [-0.25, -0.2) is 9.97 Å². The Balaban J connectivity index is 2.79. The van der Waals surface area contributed by atoms with Crippen molar-refractivity contribution in [3.05, 3.63) is 11.9 Å². The first-order valence-electron chi connectivity index (χ1n) is 6.64. The van der Waals surface area contributed by atoms with Crippen molar-refractivity contribution in [1.29, 1.82) is 0 Å². The van der Waals surface area contributed by atoms with Crippen molar-refractivity contribution >= 4 is 5.82 Å². The average molecular weight is 253 g/mol. The maximum Gasteiger partial charge on any atom is 0.221 e. The molecule has 1 aromatic rings. The van der Waals surface area contributed by atoms with Crippen LogP contribution in [0.25, 0.3) is 0 Å². The van der Waals surface area contributed by atoms with Gasteiger partial charge in [0.25, 0.3) is 0 Å². The fourth-order valence-corrected chi connectivity index (χ4v) is 1.63. The predicted octanol–water partition coefficient (Wildman–Crippen LogP) is 2.01. The smallest absolute Gasteiger partial charge is 0.221 e. The summed E-state index contributed by atoms with van der Waals surface area (Å²) >= 11 is 0. The van der Waals surface area contributed by atoms with Crippen molar-refractivity contribution in [3.8, 4) is 5.88 Å². The Bertz CT molecular complexity index is 345. The summed E-state index contributed by atoms with van der Waals surface area (Å²) in [5.74, 6) is 1.51. The summed E-state index contributed by atoms with van der Waals surface area (Å²) in [5, 5.41) is 12.1. The van der Waals surface area contributed by atoms with Gasteiger partial charge in [0, 0.05) is 19.6 Å². The molecule has 1 heterocycles. The highest BCUT2D eigenvalue weighted by Crippen LogP contribution is 2.23. The second-order valence-corrected chi connectivity index (χ2v) is 4.11. The van der Waals surface area contributed by atoms with E-state index < -0.39 is 0 Å². The molecule has 0 radical (unpaired) electrons. The van der Waals surface area contributed by atoms with E-state index in [1.165, 1.54) is 6.33 Å². The highest BCUT2D eigenvalue weighted by atomic mass is 16.5. The Morgan fingerprint density at radius 1 is 1.28 bits per heavy atom. The Hall–Kier alpha value is -1.36. The van der Waals surface area contributed by atoms with Crippen LogP contribution in [-0.2, 0) is 6.42 Å². The molecule has 0 bridgehead atoms. The summed E-state index contributed by atoms with van der Waals surface area (Å²) in [6, 6.07) is 0. The van der Waals surface area contributed by atoms with Gasteiger partial charge < -0.3 is 15.2 Å². The van der Waals surface area contributed by atoms with E-state index in [4.69, 9.17) is 9.84 Å². The van der Waals surface area contributed by atoms with Crippen molar-refractivity contribution in [2.75, 3.05) is 25.1 Å². The molecule has 0 unspecified atom stereocenters. The fraction of sp³-hybridized carbons (Fsp3) is 0.692. The van der Waals surface area contributed by atoms with Gasteiger partial charge in [0.2, 0.25) is 5.88 Å². The first kappa shape index (κ1) is 14.7. The standard InChI is InChI=1S/C13H23N3O2/c1-3-6-11-12(14-7-4-2)15-10-16-13(11)18-9-5-8-17/h10,17H,3-9H2,1-2H3,(H,14,15,16). The fourth-order valence-electron chi connectivity index (χ4n) is 1.63. The quantitative estimate of drug-likeness (QED) is 0.659. The van der Waals surface area contributed by atoms with Gasteiger partial charge >= 0.3 is 0 Å². The van der Waals surface area contributed by atoms with Crippen LogP contribution in [0.15, 0.2) is 6.33 Å². The minimum Gasteiger partial charge on any atom is -0.477 e. The van der Waals surface area contributed by atoms with Crippen molar-refractivity contribution in [3.63, 3.8) is 0 Å². The molecule has 5 nitrogen and oxygen atoms in total. The predicted molar refractivity (Wildman–Crippen MR) is 72.0 cm³/mol. The van der Waals surface area contributed by atoms with Crippen LogP contribution in [0.2, 0.25) is 0 Å². The molecular weight excluding hydrogens is 230 g/mol. The maximum atomic E-state index is 8.76. The van der Waals surface area contributed by atoms with E-state index >= 15 is 0 Å². The molecule has 1 rings (SSSR count). The number of nitrogens with zero attached hydrogens (tertiary/aromatic N) is 2. The van der Waals surface area contributed by atoms with Gasteiger partial charge in [-0.15, -0.1) is 0 Å². The molecule has 0 aliphatic carbocycles. The van der Waals surface area contributed by atoms with E-state index in [1.807, 2.05) is 0 Å². The molecule has 0 saturated carbocycles. The third-order valence-corrected chi connectivity index (χ3v) is 2.49. The lowest BCUT2D eigenvalue weighted by atomic mass is 10.1. The third kappa shape index (κ3) is 4.49. The zero-order valence-electron chi connectivity index (χ0n) is 11.3. The molecule has 0 aromatic carbocycles. The Morgan fingerprint density at radius 3 is 2.78 bits per heavy atom. The number of aliphatic hydroxyl groups excluding tert-OH is 1. The van der Waals surface area contributed by atoms with Crippen LogP contribution in [-0.4, -0.2) is 34.8 Å². The van der Waals surface area contributed by atoms with Gasteiger partial charge in [-0.05, 0) is 12.8 Å². The van der Waals surface area contributed by atoms with Gasteiger partial charge in [0.1, 0.15) is 12.1 Å². The van der Waals surface area contributed by atoms with Gasteiger partial charge in [-0.3, -0.25) is 0 Å². The number of rotatable bonds is 9. The number of nitrogens with one attached hydrogen (secondary N) is 1. The second kappa shape index (κ2) is 8.69. The van der Waals surface area contributed by atoms with Crippen molar-refractivity contribution in [2.45, 2.75) is 39.5 Å². The molecule has 0 aliphatic heterocycles. The zero-order chi connectivity index (χ0) is 13.2. The third-order valence-electron chi connectivity index (χ3n) is 2.49. The van der Waals surface area contributed by atoms with Crippen molar-refractivity contribution in [1.82, 2.24) is 9.97 Å². The lowest BCUT2D eigenvalue weighted by molar-refractivity contribution is 0.228. The topological polar surface area (TPSA) is 67.3 Å². The molecule has 0 aliphatic rings. The largest absolute Gasteiger partial charge is 0.477 e. The average Bonchev–Trinajstić information content (AvgIpc) is 2.39. The van der Waals surface area contributed by atoms with E-state index in [2.05, 4.69) is 29.1 Å². The van der Waals surface area contributed by atoms with Crippen LogP contribution in [0.5, 0.6) is 5.88 Å². The molecule has 1 aromatic heterocycles. The van der Waals surface area contributed by atoms with Crippen LogP contribution < -0.4 is 10.1 Å². The van der Waals surface area contributed by atoms with E-state index in [9.17, 15) is 0 Å². The van der Waals surface area contributed by atoms with E-state index in [-0.39, 0.29) is 6.61 Å². The molecule has 0 saturated heterocycles. The summed E-state index contributed by atoms with van der Waals surface area (Å²) in [6.45, 7) is 5.75. The Kier molecular flexibility index (Phi) is 7.10. The highest BCUT2D eigenvalue weighted by Gasteiger charge is 2.11. The first-order valence-corrected chi connectivity index (χ1v) is 6.64. The lowest BCUT2D eigenvalue weighted by Crippen LogP contribution is -2.10. The van der Waals surface area contributed by atoms with E-state index in [0.717, 1.165) is 37.2 Å². The molecule has 0 amide bonds. The highest BCUT2D eigenvalue weighted by molar-refractivity contribution is 5.48. The second-order valence-electron chi connectivity index (χ2n) is 4.11. The van der Waals surface area contributed by atoms with E-state index in [0.29, 0.717) is 18.9 Å². The van der Waals surface area contributed by atoms with Gasteiger partial charge in [-0.2, -0.15) is 0 Å².